The number of nitrogens with one attached hydrogen (secondary N) is 1. The lowest BCUT2D eigenvalue weighted by atomic mass is 10.1. The average Bonchev–Trinajstić information content (AvgIpc) is 2.46. The summed E-state index contributed by atoms with van der Waals surface area (Å²) >= 11 is 6.13. The van der Waals surface area contributed by atoms with Crippen LogP contribution in [0.2, 0.25) is 5.02 Å². The highest BCUT2D eigenvalue weighted by molar-refractivity contribution is 6.34. The van der Waals surface area contributed by atoms with Crippen molar-refractivity contribution in [3.8, 4) is 0 Å². The van der Waals surface area contributed by atoms with E-state index in [4.69, 9.17) is 22.1 Å². The summed E-state index contributed by atoms with van der Waals surface area (Å²) < 4.78 is 4.73. The normalized spacial score (nSPS) is 10.1. The molecule has 0 bridgehead atoms. The van der Waals surface area contributed by atoms with Gasteiger partial charge in [-0.05, 0) is 24.3 Å². The van der Waals surface area contributed by atoms with E-state index >= 15 is 0 Å². The van der Waals surface area contributed by atoms with Crippen molar-refractivity contribution in [3.05, 3.63) is 52.8 Å². The van der Waals surface area contributed by atoms with Crippen LogP contribution in [0.15, 0.2) is 36.5 Å². The predicted octanol–water partition coefficient (Wildman–Crippen LogP) is 2.72. The number of carbonyl (C=O) groups excluding carboxylic acids is 1. The molecule has 0 fully saturated rings. The number of aromatic nitrogens is 1. The molecule has 1 aromatic carbocycles. The van der Waals surface area contributed by atoms with Gasteiger partial charge >= 0.3 is 5.97 Å². The van der Waals surface area contributed by atoms with Gasteiger partial charge in [0, 0.05) is 11.9 Å². The van der Waals surface area contributed by atoms with Crippen LogP contribution in [0.1, 0.15) is 16.1 Å². The second-order valence-electron chi connectivity index (χ2n) is 4.09. The monoisotopic (exact) mass is 291 g/mol. The summed E-state index contributed by atoms with van der Waals surface area (Å²) in [6.07, 6.45) is 1.70. The number of benzene rings is 1. The van der Waals surface area contributed by atoms with Crippen LogP contribution in [0.25, 0.3) is 0 Å². The van der Waals surface area contributed by atoms with Crippen molar-refractivity contribution in [3.63, 3.8) is 0 Å². The smallest absolute Gasteiger partial charge is 0.340 e. The Bertz CT molecular complexity index is 617. The van der Waals surface area contributed by atoms with Crippen LogP contribution in [-0.2, 0) is 11.3 Å². The van der Waals surface area contributed by atoms with E-state index < -0.39 is 5.97 Å². The fraction of sp³-hybridized carbons (Fsp3) is 0.143. The Hall–Kier alpha value is -2.27. The molecule has 2 rings (SSSR count). The molecule has 1 aromatic heterocycles. The Morgan fingerprint density at radius 3 is 2.90 bits per heavy atom. The summed E-state index contributed by atoms with van der Waals surface area (Å²) in [4.78, 5) is 15.9. The number of carbonyl (C=O) groups is 1. The topological polar surface area (TPSA) is 77.2 Å². The molecule has 0 radical (unpaired) electrons. The quantitative estimate of drug-likeness (QED) is 0.669. The molecule has 0 aliphatic rings. The molecular formula is C14H14ClN3O2. The Balaban J connectivity index is 2.28. The zero-order valence-electron chi connectivity index (χ0n) is 10.9. The van der Waals surface area contributed by atoms with Gasteiger partial charge in [-0.3, -0.25) is 4.98 Å². The Morgan fingerprint density at radius 1 is 1.45 bits per heavy atom. The fourth-order valence-electron chi connectivity index (χ4n) is 1.76. The highest BCUT2D eigenvalue weighted by atomic mass is 35.5. The number of rotatable bonds is 4. The number of halogens is 1. The molecule has 0 spiro atoms. The van der Waals surface area contributed by atoms with Crippen molar-refractivity contribution in [1.82, 2.24) is 4.98 Å². The minimum Gasteiger partial charge on any atom is -0.465 e. The van der Waals surface area contributed by atoms with Gasteiger partial charge in [0.1, 0.15) is 0 Å². The van der Waals surface area contributed by atoms with E-state index in [1.54, 1.807) is 12.3 Å². The number of hydrogen-bond acceptors (Lipinski definition) is 5. The third kappa shape index (κ3) is 3.19. The number of nitrogens with zero attached hydrogens (tertiary/aromatic N) is 1. The zero-order valence-corrected chi connectivity index (χ0v) is 11.6. The largest absolute Gasteiger partial charge is 0.465 e. The van der Waals surface area contributed by atoms with Gasteiger partial charge in [-0.1, -0.05) is 17.7 Å². The molecule has 1 heterocycles. The lowest BCUT2D eigenvalue weighted by Gasteiger charge is -2.13. The lowest BCUT2D eigenvalue weighted by Crippen LogP contribution is -2.10. The standard InChI is InChI=1S/C14H14ClN3O2/c1-20-14(19)11-6-9(16)7-12(15)13(11)18-8-10-4-2-3-5-17-10/h2-7,18H,8,16H2,1H3. The van der Waals surface area contributed by atoms with Gasteiger partial charge < -0.3 is 15.8 Å². The van der Waals surface area contributed by atoms with Gasteiger partial charge in [-0.2, -0.15) is 0 Å². The van der Waals surface area contributed by atoms with Gasteiger partial charge in [-0.25, -0.2) is 4.79 Å². The molecule has 2 aromatic rings. The molecule has 0 aliphatic heterocycles. The molecule has 0 unspecified atom stereocenters. The predicted molar refractivity (Wildman–Crippen MR) is 78.8 cm³/mol. The highest BCUT2D eigenvalue weighted by Gasteiger charge is 2.16. The van der Waals surface area contributed by atoms with Crippen LogP contribution in [0.5, 0.6) is 0 Å². The minimum atomic E-state index is -0.497. The number of ether oxygens (including phenoxy) is 1. The summed E-state index contributed by atoms with van der Waals surface area (Å²) in [6.45, 7) is 0.439. The number of nitrogen functional groups attached to an aromatic ring is 1. The van der Waals surface area contributed by atoms with E-state index in [1.807, 2.05) is 18.2 Å². The van der Waals surface area contributed by atoms with Crippen LogP contribution in [0.3, 0.4) is 0 Å². The van der Waals surface area contributed by atoms with Crippen LogP contribution in [-0.4, -0.2) is 18.1 Å². The van der Waals surface area contributed by atoms with Gasteiger partial charge in [0.15, 0.2) is 0 Å². The Labute approximate surface area is 121 Å². The van der Waals surface area contributed by atoms with E-state index in [-0.39, 0.29) is 0 Å². The van der Waals surface area contributed by atoms with Crippen LogP contribution < -0.4 is 11.1 Å². The first kappa shape index (κ1) is 14.1. The van der Waals surface area contributed by atoms with E-state index in [0.29, 0.717) is 28.5 Å². The molecule has 3 N–H and O–H groups in total. The maximum atomic E-state index is 11.8. The number of pyridine rings is 1. The molecule has 5 nitrogen and oxygen atoms in total. The number of methoxy groups -OCH3 is 1. The van der Waals surface area contributed by atoms with Gasteiger partial charge in [-0.15, -0.1) is 0 Å². The van der Waals surface area contributed by atoms with Crippen molar-refractivity contribution in [2.75, 3.05) is 18.2 Å². The fourth-order valence-corrected chi connectivity index (χ4v) is 2.05. The third-order valence-electron chi connectivity index (χ3n) is 2.69. The van der Waals surface area contributed by atoms with Crippen molar-refractivity contribution in [1.29, 1.82) is 0 Å². The first-order valence-corrected chi connectivity index (χ1v) is 6.30. The van der Waals surface area contributed by atoms with E-state index in [0.717, 1.165) is 5.69 Å². The Kier molecular flexibility index (Phi) is 4.42. The average molecular weight is 292 g/mol. The van der Waals surface area contributed by atoms with Crippen LogP contribution in [0.4, 0.5) is 11.4 Å². The van der Waals surface area contributed by atoms with Crippen molar-refractivity contribution in [2.45, 2.75) is 6.54 Å². The van der Waals surface area contributed by atoms with Gasteiger partial charge in [0.25, 0.3) is 0 Å². The summed E-state index contributed by atoms with van der Waals surface area (Å²) in [5.41, 5.74) is 7.71. The number of anilines is 2. The summed E-state index contributed by atoms with van der Waals surface area (Å²) in [6, 6.07) is 8.69. The SMILES string of the molecule is COC(=O)c1cc(N)cc(Cl)c1NCc1ccccn1. The van der Waals surface area contributed by atoms with E-state index in [2.05, 4.69) is 10.3 Å². The van der Waals surface area contributed by atoms with E-state index in [1.165, 1.54) is 13.2 Å². The second kappa shape index (κ2) is 6.25. The minimum absolute atomic E-state index is 0.299. The number of esters is 1. The summed E-state index contributed by atoms with van der Waals surface area (Å²) in [5, 5.41) is 3.45. The Morgan fingerprint density at radius 2 is 2.25 bits per heavy atom. The first-order valence-electron chi connectivity index (χ1n) is 5.93. The highest BCUT2D eigenvalue weighted by Crippen LogP contribution is 2.30. The maximum Gasteiger partial charge on any atom is 0.340 e. The van der Waals surface area contributed by atoms with Gasteiger partial charge in [0.05, 0.1) is 35.6 Å². The number of nitrogens with two attached hydrogens (primary N) is 1. The molecule has 0 atom stereocenters. The molecule has 20 heavy (non-hydrogen) atoms. The second-order valence-corrected chi connectivity index (χ2v) is 4.50. The van der Waals surface area contributed by atoms with Crippen LogP contribution in [0, 0.1) is 0 Å². The third-order valence-corrected chi connectivity index (χ3v) is 2.99. The molecule has 104 valence electrons. The molecule has 0 saturated carbocycles. The van der Waals surface area contributed by atoms with E-state index in [9.17, 15) is 4.79 Å². The molecule has 6 heteroatoms. The maximum absolute atomic E-state index is 11.8. The van der Waals surface area contributed by atoms with Gasteiger partial charge in [0.2, 0.25) is 0 Å². The molecule has 0 amide bonds. The van der Waals surface area contributed by atoms with Crippen molar-refractivity contribution in [2.24, 2.45) is 0 Å². The molecule has 0 saturated heterocycles. The zero-order chi connectivity index (χ0) is 14.5. The summed E-state index contributed by atoms with van der Waals surface area (Å²) in [5.74, 6) is -0.497. The number of hydrogen-bond donors (Lipinski definition) is 2. The first-order chi connectivity index (χ1) is 9.61. The molecule has 0 aliphatic carbocycles. The van der Waals surface area contributed by atoms with Crippen molar-refractivity contribution >= 4 is 28.9 Å². The lowest BCUT2D eigenvalue weighted by molar-refractivity contribution is 0.0602. The molecular weight excluding hydrogens is 278 g/mol. The van der Waals surface area contributed by atoms with Crippen LogP contribution >= 0.6 is 11.6 Å². The summed E-state index contributed by atoms with van der Waals surface area (Å²) in [7, 11) is 1.31. The van der Waals surface area contributed by atoms with Crippen molar-refractivity contribution < 1.29 is 9.53 Å².